The van der Waals surface area contributed by atoms with Crippen LogP contribution < -0.4 is 10.1 Å². The van der Waals surface area contributed by atoms with E-state index < -0.39 is 0 Å². The zero-order valence-electron chi connectivity index (χ0n) is 11.1. The van der Waals surface area contributed by atoms with Gasteiger partial charge in [0.2, 0.25) is 5.91 Å². The van der Waals surface area contributed by atoms with Crippen molar-refractivity contribution in [1.29, 1.82) is 0 Å². The Labute approximate surface area is 112 Å². The summed E-state index contributed by atoms with van der Waals surface area (Å²) in [4.78, 5) is 13.6. The summed E-state index contributed by atoms with van der Waals surface area (Å²) in [7, 11) is 1.76. The van der Waals surface area contributed by atoms with Crippen LogP contribution in [0.1, 0.15) is 12.8 Å². The Hall–Kier alpha value is -1.62. The van der Waals surface area contributed by atoms with Crippen LogP contribution in [0.3, 0.4) is 0 Å². The highest BCUT2D eigenvalue weighted by molar-refractivity contribution is 5.81. The first kappa shape index (κ1) is 13.8. The van der Waals surface area contributed by atoms with E-state index in [4.69, 9.17) is 4.74 Å². The molecule has 4 nitrogen and oxygen atoms in total. The van der Waals surface area contributed by atoms with E-state index >= 15 is 0 Å². The van der Waals surface area contributed by atoms with E-state index in [0.717, 1.165) is 19.4 Å². The summed E-state index contributed by atoms with van der Waals surface area (Å²) < 4.78 is 18.3. The van der Waals surface area contributed by atoms with Crippen LogP contribution in [0, 0.1) is 5.82 Å². The van der Waals surface area contributed by atoms with Crippen molar-refractivity contribution in [3.05, 3.63) is 30.1 Å². The van der Waals surface area contributed by atoms with Gasteiger partial charge in [-0.2, -0.15) is 0 Å². The number of likely N-dealkylation sites (N-methyl/N-ethyl adjacent to an activating group) is 1. The Bertz CT molecular complexity index is 433. The number of hydrogen-bond acceptors (Lipinski definition) is 3. The Morgan fingerprint density at radius 2 is 2.42 bits per heavy atom. The molecule has 1 atom stereocenters. The molecule has 0 saturated carbocycles. The van der Waals surface area contributed by atoms with Gasteiger partial charge >= 0.3 is 0 Å². The fraction of sp³-hybridized carbons (Fsp3) is 0.500. The van der Waals surface area contributed by atoms with Gasteiger partial charge in [0, 0.05) is 13.1 Å². The summed E-state index contributed by atoms with van der Waals surface area (Å²) in [6, 6.07) is 5.94. The lowest BCUT2D eigenvalue weighted by Crippen LogP contribution is -2.43. The van der Waals surface area contributed by atoms with Gasteiger partial charge in [-0.15, -0.1) is 0 Å². The number of nitrogens with one attached hydrogen (secondary N) is 1. The third-order valence-corrected chi connectivity index (χ3v) is 3.23. The third-order valence-electron chi connectivity index (χ3n) is 3.23. The molecule has 1 heterocycles. The van der Waals surface area contributed by atoms with Gasteiger partial charge in [-0.1, -0.05) is 6.07 Å². The van der Waals surface area contributed by atoms with E-state index in [9.17, 15) is 9.18 Å². The van der Waals surface area contributed by atoms with E-state index in [2.05, 4.69) is 5.32 Å². The van der Waals surface area contributed by atoms with Crippen molar-refractivity contribution in [2.24, 2.45) is 0 Å². The first-order valence-electron chi connectivity index (χ1n) is 6.53. The highest BCUT2D eigenvalue weighted by Gasteiger charge is 2.24. The predicted octanol–water partition coefficient (Wildman–Crippen LogP) is 1.41. The summed E-state index contributed by atoms with van der Waals surface area (Å²) in [5, 5.41) is 3.17. The number of halogens is 1. The zero-order chi connectivity index (χ0) is 13.7. The highest BCUT2D eigenvalue weighted by Crippen LogP contribution is 2.12. The maximum absolute atomic E-state index is 12.9. The molecule has 0 bridgehead atoms. The second kappa shape index (κ2) is 6.52. The lowest BCUT2D eigenvalue weighted by Gasteiger charge is -2.21. The minimum atomic E-state index is -0.322. The van der Waals surface area contributed by atoms with Crippen LogP contribution in [-0.2, 0) is 4.79 Å². The topological polar surface area (TPSA) is 41.6 Å². The van der Waals surface area contributed by atoms with Crippen LogP contribution in [0.5, 0.6) is 5.75 Å². The number of nitrogens with zero attached hydrogens (tertiary/aromatic N) is 1. The van der Waals surface area contributed by atoms with Gasteiger partial charge in [0.25, 0.3) is 0 Å². The van der Waals surface area contributed by atoms with Gasteiger partial charge in [0.1, 0.15) is 18.2 Å². The average molecular weight is 266 g/mol. The summed E-state index contributed by atoms with van der Waals surface area (Å²) in [6.45, 7) is 1.76. The molecule has 1 aromatic carbocycles. The second-order valence-corrected chi connectivity index (χ2v) is 4.71. The van der Waals surface area contributed by atoms with Crippen molar-refractivity contribution in [3.8, 4) is 5.75 Å². The molecule has 0 spiro atoms. The number of carbonyl (C=O) groups excluding carboxylic acids is 1. The predicted molar refractivity (Wildman–Crippen MR) is 70.6 cm³/mol. The number of rotatable bonds is 5. The average Bonchev–Trinajstić information content (AvgIpc) is 2.91. The van der Waals surface area contributed by atoms with Gasteiger partial charge in [0.15, 0.2) is 0 Å². The Kier molecular flexibility index (Phi) is 4.74. The van der Waals surface area contributed by atoms with Crippen LogP contribution in [0.2, 0.25) is 0 Å². The van der Waals surface area contributed by atoms with E-state index in [1.807, 2.05) is 0 Å². The van der Waals surface area contributed by atoms with Crippen LogP contribution in [0.25, 0.3) is 0 Å². The van der Waals surface area contributed by atoms with Crippen molar-refractivity contribution in [2.45, 2.75) is 18.9 Å². The minimum absolute atomic E-state index is 0.0563. The zero-order valence-corrected chi connectivity index (χ0v) is 11.1. The summed E-state index contributed by atoms with van der Waals surface area (Å²) in [5.74, 6) is 0.261. The Morgan fingerprint density at radius 3 is 3.11 bits per heavy atom. The van der Waals surface area contributed by atoms with Crippen LogP contribution >= 0.6 is 0 Å². The molecule has 1 saturated heterocycles. The highest BCUT2D eigenvalue weighted by atomic mass is 19.1. The molecule has 2 rings (SSSR count). The fourth-order valence-electron chi connectivity index (χ4n) is 2.13. The van der Waals surface area contributed by atoms with Gasteiger partial charge < -0.3 is 15.0 Å². The number of amides is 1. The van der Waals surface area contributed by atoms with E-state index in [1.165, 1.54) is 12.1 Å². The van der Waals surface area contributed by atoms with Crippen molar-refractivity contribution in [2.75, 3.05) is 26.7 Å². The smallest absolute Gasteiger partial charge is 0.239 e. The van der Waals surface area contributed by atoms with Crippen molar-refractivity contribution < 1.29 is 13.9 Å². The lowest BCUT2D eigenvalue weighted by molar-refractivity contribution is -0.132. The van der Waals surface area contributed by atoms with Crippen molar-refractivity contribution >= 4 is 5.91 Å². The van der Waals surface area contributed by atoms with Crippen molar-refractivity contribution in [1.82, 2.24) is 10.2 Å². The number of benzene rings is 1. The Balaban J connectivity index is 1.74. The summed E-state index contributed by atoms with van der Waals surface area (Å²) >= 11 is 0. The van der Waals surface area contributed by atoms with E-state index in [0.29, 0.717) is 18.9 Å². The van der Waals surface area contributed by atoms with Gasteiger partial charge in [0.05, 0.1) is 12.6 Å². The molecule has 104 valence electrons. The SMILES string of the molecule is CN(CCOc1cccc(F)c1)C(=O)[C@H]1CCCN1. The molecule has 1 amide bonds. The van der Waals surface area contributed by atoms with Crippen LogP contribution in [0.4, 0.5) is 4.39 Å². The number of hydrogen-bond donors (Lipinski definition) is 1. The maximum Gasteiger partial charge on any atom is 0.239 e. The normalized spacial score (nSPS) is 18.3. The molecule has 0 unspecified atom stereocenters. The minimum Gasteiger partial charge on any atom is -0.492 e. The monoisotopic (exact) mass is 266 g/mol. The van der Waals surface area contributed by atoms with E-state index in [-0.39, 0.29) is 17.8 Å². The van der Waals surface area contributed by atoms with Gasteiger partial charge in [-0.05, 0) is 31.5 Å². The molecule has 19 heavy (non-hydrogen) atoms. The first-order chi connectivity index (χ1) is 9.16. The number of carbonyl (C=O) groups is 1. The molecule has 1 aliphatic rings. The first-order valence-corrected chi connectivity index (χ1v) is 6.53. The van der Waals surface area contributed by atoms with Crippen LogP contribution in [-0.4, -0.2) is 43.6 Å². The maximum atomic E-state index is 12.9. The molecule has 0 aliphatic carbocycles. The quantitative estimate of drug-likeness (QED) is 0.876. The summed E-state index contributed by atoms with van der Waals surface area (Å²) in [6.07, 6.45) is 1.94. The van der Waals surface area contributed by atoms with Gasteiger partial charge in [-0.25, -0.2) is 4.39 Å². The van der Waals surface area contributed by atoms with E-state index in [1.54, 1.807) is 24.1 Å². The second-order valence-electron chi connectivity index (χ2n) is 4.71. The molecule has 1 N–H and O–H groups in total. The Morgan fingerprint density at radius 1 is 1.58 bits per heavy atom. The molecule has 5 heteroatoms. The molecular formula is C14H19FN2O2. The van der Waals surface area contributed by atoms with Crippen LogP contribution in [0.15, 0.2) is 24.3 Å². The molecule has 0 radical (unpaired) electrons. The standard InChI is InChI=1S/C14H19FN2O2/c1-17(14(18)13-6-3-7-16-13)8-9-19-12-5-2-4-11(15)10-12/h2,4-5,10,13,16H,3,6-9H2,1H3/t13-/m1/s1. The molecular weight excluding hydrogens is 247 g/mol. The van der Waals surface area contributed by atoms with Crippen molar-refractivity contribution in [3.63, 3.8) is 0 Å². The number of ether oxygens (including phenoxy) is 1. The largest absolute Gasteiger partial charge is 0.492 e. The lowest BCUT2D eigenvalue weighted by atomic mass is 10.2. The third kappa shape index (κ3) is 3.92. The molecule has 0 aromatic heterocycles. The fourth-order valence-corrected chi connectivity index (χ4v) is 2.13. The molecule has 1 aromatic rings. The summed E-state index contributed by atoms with van der Waals surface area (Å²) in [5.41, 5.74) is 0. The van der Waals surface area contributed by atoms with Gasteiger partial charge in [-0.3, -0.25) is 4.79 Å². The molecule has 1 aliphatic heterocycles. The molecule has 1 fully saturated rings.